The molecule has 0 radical (unpaired) electrons. The van der Waals surface area contributed by atoms with Gasteiger partial charge in [-0.3, -0.25) is 9.36 Å². The lowest BCUT2D eigenvalue weighted by Gasteiger charge is -2.13. The number of nitrogens with one attached hydrogen (secondary N) is 2. The molecule has 7 nitrogen and oxygen atoms in total. The number of aromatic nitrogens is 3. The molecule has 0 saturated carbocycles. The molecular weight excluding hydrogens is 524 g/mol. The van der Waals surface area contributed by atoms with Crippen molar-refractivity contribution in [2.75, 3.05) is 5.32 Å². The average molecular weight is 549 g/mol. The molecule has 9 heteroatoms. The summed E-state index contributed by atoms with van der Waals surface area (Å²) in [7, 11) is 0. The first-order valence-corrected chi connectivity index (χ1v) is 12.7. The van der Waals surface area contributed by atoms with Crippen LogP contribution in [0.1, 0.15) is 23.9 Å². The molecule has 2 N–H and O–H groups in total. The summed E-state index contributed by atoms with van der Waals surface area (Å²) in [5.41, 5.74) is 6.63. The molecule has 1 atom stereocenters. The Labute approximate surface area is 217 Å². The third-order valence-corrected chi connectivity index (χ3v) is 6.64. The van der Waals surface area contributed by atoms with Crippen LogP contribution < -0.4 is 10.7 Å². The molecule has 0 unspecified atom stereocenters. The Morgan fingerprint density at radius 2 is 1.86 bits per heavy atom. The topological polar surface area (TPSA) is 84.2 Å². The first kappa shape index (κ1) is 24.7. The van der Waals surface area contributed by atoms with Crippen LogP contribution >= 0.6 is 27.7 Å². The van der Waals surface area contributed by atoms with Gasteiger partial charge in [0.2, 0.25) is 0 Å². The van der Waals surface area contributed by atoms with E-state index in [1.807, 2.05) is 78.2 Å². The van der Waals surface area contributed by atoms with Gasteiger partial charge in [0.05, 0.1) is 18.0 Å². The largest absolute Gasteiger partial charge is 0.378 e. The second-order valence-corrected chi connectivity index (χ2v) is 10.1. The number of carbonyl (C=O) groups is 1. The lowest BCUT2D eigenvalue weighted by molar-refractivity contribution is -0.120. The molecule has 3 aromatic carbocycles. The van der Waals surface area contributed by atoms with Crippen molar-refractivity contribution in [1.29, 1.82) is 0 Å². The zero-order valence-corrected chi connectivity index (χ0v) is 21.8. The Morgan fingerprint density at radius 3 is 2.60 bits per heavy atom. The molecule has 178 valence electrons. The van der Waals surface area contributed by atoms with E-state index in [1.54, 1.807) is 6.21 Å². The Morgan fingerprint density at radius 1 is 1.09 bits per heavy atom. The van der Waals surface area contributed by atoms with Gasteiger partial charge in [-0.2, -0.15) is 5.10 Å². The molecule has 1 heterocycles. The normalized spacial score (nSPS) is 12.0. The fourth-order valence-corrected chi connectivity index (χ4v) is 4.54. The van der Waals surface area contributed by atoms with Crippen LogP contribution in [0.15, 0.2) is 93.6 Å². The average Bonchev–Trinajstić information content (AvgIpc) is 3.26. The van der Waals surface area contributed by atoms with Crippen LogP contribution in [-0.2, 0) is 11.3 Å². The van der Waals surface area contributed by atoms with Gasteiger partial charge < -0.3 is 5.32 Å². The summed E-state index contributed by atoms with van der Waals surface area (Å²) in [6, 6.07) is 25.8. The Bertz CT molecular complexity index is 1310. The van der Waals surface area contributed by atoms with Crippen molar-refractivity contribution in [3.05, 3.63) is 100 Å². The van der Waals surface area contributed by atoms with E-state index in [4.69, 9.17) is 0 Å². The van der Waals surface area contributed by atoms with E-state index >= 15 is 0 Å². The van der Waals surface area contributed by atoms with Crippen molar-refractivity contribution in [1.82, 2.24) is 20.2 Å². The van der Waals surface area contributed by atoms with Crippen LogP contribution in [0.25, 0.3) is 5.69 Å². The highest BCUT2D eigenvalue weighted by Gasteiger charge is 2.21. The third kappa shape index (κ3) is 6.80. The number of hydrogen-bond acceptors (Lipinski definition) is 6. The molecule has 1 amide bonds. The molecule has 0 aliphatic carbocycles. The molecule has 35 heavy (non-hydrogen) atoms. The summed E-state index contributed by atoms with van der Waals surface area (Å²) in [6.07, 6.45) is 1.61. The quantitative estimate of drug-likeness (QED) is 0.162. The lowest BCUT2D eigenvalue weighted by atomic mass is 10.2. The van der Waals surface area contributed by atoms with Crippen LogP contribution in [0, 0.1) is 6.92 Å². The summed E-state index contributed by atoms with van der Waals surface area (Å²) in [5, 5.41) is 16.5. The van der Waals surface area contributed by atoms with Gasteiger partial charge in [-0.1, -0.05) is 75.7 Å². The van der Waals surface area contributed by atoms with E-state index in [0.29, 0.717) is 11.7 Å². The second-order valence-electron chi connectivity index (χ2n) is 7.84. The monoisotopic (exact) mass is 548 g/mol. The van der Waals surface area contributed by atoms with Crippen molar-refractivity contribution < 1.29 is 4.79 Å². The minimum atomic E-state index is -0.431. The minimum Gasteiger partial charge on any atom is -0.378 e. The van der Waals surface area contributed by atoms with Crippen LogP contribution in [0.2, 0.25) is 0 Å². The number of nitrogens with zero attached hydrogens (tertiary/aromatic N) is 4. The predicted molar refractivity (Wildman–Crippen MR) is 145 cm³/mol. The van der Waals surface area contributed by atoms with Crippen molar-refractivity contribution in [3.8, 4) is 5.69 Å². The number of rotatable bonds is 9. The van der Waals surface area contributed by atoms with Crippen molar-refractivity contribution in [2.45, 2.75) is 30.8 Å². The number of carbonyl (C=O) groups excluding carboxylic acids is 1. The second kappa shape index (κ2) is 11.8. The predicted octanol–water partition coefficient (Wildman–Crippen LogP) is 5.58. The molecule has 0 bridgehead atoms. The van der Waals surface area contributed by atoms with E-state index in [1.165, 1.54) is 17.3 Å². The molecule has 4 rings (SSSR count). The van der Waals surface area contributed by atoms with Gasteiger partial charge >= 0.3 is 0 Å². The molecule has 0 fully saturated rings. The number of halogens is 1. The standard InChI is InChI=1S/C26H25BrN6OS/c1-18-11-13-22(14-12-18)28-17-24-30-32-26(33(24)23-9-4-3-5-10-23)35-19(2)25(34)31-29-16-20-7-6-8-21(27)15-20/h3-16,19,28H,17H2,1-2H3,(H,31,34)/b29-16-/t19-/m0/s1. The number of benzene rings is 3. The first-order valence-electron chi connectivity index (χ1n) is 11.0. The number of hydrogen-bond donors (Lipinski definition) is 2. The molecule has 0 aliphatic heterocycles. The molecular formula is C26H25BrN6OS. The van der Waals surface area contributed by atoms with Crippen LogP contribution in [0.5, 0.6) is 0 Å². The number of amides is 1. The fourth-order valence-electron chi connectivity index (χ4n) is 3.24. The molecule has 0 saturated heterocycles. The van der Waals surface area contributed by atoms with E-state index in [-0.39, 0.29) is 5.91 Å². The van der Waals surface area contributed by atoms with Gasteiger partial charge in [0.25, 0.3) is 5.91 Å². The number of para-hydroxylation sites is 1. The number of aryl methyl sites for hydroxylation is 1. The van der Waals surface area contributed by atoms with Gasteiger partial charge in [-0.15, -0.1) is 10.2 Å². The van der Waals surface area contributed by atoms with Gasteiger partial charge in [0.15, 0.2) is 11.0 Å². The van der Waals surface area contributed by atoms with Gasteiger partial charge in [-0.25, -0.2) is 5.43 Å². The number of thioether (sulfide) groups is 1. The minimum absolute atomic E-state index is 0.219. The zero-order chi connectivity index (χ0) is 24.6. The molecule has 0 spiro atoms. The van der Waals surface area contributed by atoms with Crippen molar-refractivity contribution in [2.24, 2.45) is 5.10 Å². The summed E-state index contributed by atoms with van der Waals surface area (Å²) < 4.78 is 2.92. The maximum absolute atomic E-state index is 12.7. The smallest absolute Gasteiger partial charge is 0.253 e. The highest BCUT2D eigenvalue weighted by molar-refractivity contribution is 9.10. The van der Waals surface area contributed by atoms with Crippen molar-refractivity contribution in [3.63, 3.8) is 0 Å². The summed E-state index contributed by atoms with van der Waals surface area (Å²) >= 11 is 4.76. The van der Waals surface area contributed by atoms with E-state index in [9.17, 15) is 4.79 Å². The number of hydrazone groups is 1. The summed E-state index contributed by atoms with van der Waals surface area (Å²) in [5.74, 6) is 0.530. The van der Waals surface area contributed by atoms with Crippen LogP contribution in [0.4, 0.5) is 5.69 Å². The zero-order valence-electron chi connectivity index (χ0n) is 19.4. The van der Waals surface area contributed by atoms with Gasteiger partial charge in [0, 0.05) is 15.8 Å². The van der Waals surface area contributed by atoms with E-state index < -0.39 is 5.25 Å². The fraction of sp³-hybridized carbons (Fsp3) is 0.154. The van der Waals surface area contributed by atoms with Crippen molar-refractivity contribution >= 4 is 45.5 Å². The van der Waals surface area contributed by atoms with Gasteiger partial charge in [-0.05, 0) is 55.8 Å². The molecule has 4 aromatic rings. The van der Waals surface area contributed by atoms with E-state index in [0.717, 1.165) is 27.2 Å². The molecule has 0 aliphatic rings. The SMILES string of the molecule is Cc1ccc(NCc2nnc(S[C@@H](C)C(=O)N/N=C\c3cccc(Br)c3)n2-c2ccccc2)cc1. The van der Waals surface area contributed by atoms with Gasteiger partial charge in [0.1, 0.15) is 0 Å². The highest BCUT2D eigenvalue weighted by atomic mass is 79.9. The highest BCUT2D eigenvalue weighted by Crippen LogP contribution is 2.26. The van der Waals surface area contributed by atoms with Crippen LogP contribution in [-0.4, -0.2) is 32.1 Å². The molecule has 1 aromatic heterocycles. The number of anilines is 1. The Balaban J connectivity index is 1.47. The summed E-state index contributed by atoms with van der Waals surface area (Å²) in [6.45, 7) is 4.37. The maximum atomic E-state index is 12.7. The Hall–Kier alpha value is -3.43. The maximum Gasteiger partial charge on any atom is 0.253 e. The Kier molecular flexibility index (Phi) is 8.33. The third-order valence-electron chi connectivity index (χ3n) is 5.11. The van der Waals surface area contributed by atoms with Crippen LogP contribution in [0.3, 0.4) is 0 Å². The van der Waals surface area contributed by atoms with E-state index in [2.05, 4.69) is 61.0 Å². The summed E-state index contributed by atoms with van der Waals surface area (Å²) in [4.78, 5) is 12.7. The first-order chi connectivity index (χ1) is 17.0. The lowest BCUT2D eigenvalue weighted by Crippen LogP contribution is -2.27.